The normalized spacial score (nSPS) is 11.6. The van der Waals surface area contributed by atoms with Crippen molar-refractivity contribution in [3.05, 3.63) is 17.0 Å². The molecule has 0 aliphatic heterocycles. The molecule has 1 amide bonds. The summed E-state index contributed by atoms with van der Waals surface area (Å²) in [6.07, 6.45) is 0. The molecular weight excluding hydrogens is 218 g/mol. The number of hydrogen-bond donors (Lipinski definition) is 1. The van der Waals surface area contributed by atoms with E-state index in [1.165, 1.54) is 7.11 Å². The second-order valence-corrected chi connectivity index (χ2v) is 4.67. The molecule has 0 radical (unpaired) electrons. The number of aryl methyl sites for hydroxylation is 2. The van der Waals surface area contributed by atoms with E-state index in [-0.39, 0.29) is 5.91 Å². The Morgan fingerprint density at radius 1 is 1.47 bits per heavy atom. The molecule has 0 unspecified atom stereocenters. The fraction of sp³-hybridized carbons (Fsp3) is 0.667. The average Bonchev–Trinajstić information content (AvgIpc) is 2.50. The van der Waals surface area contributed by atoms with Gasteiger partial charge in [0.2, 0.25) is 0 Å². The van der Waals surface area contributed by atoms with Crippen molar-refractivity contribution in [2.24, 2.45) is 7.05 Å². The largest absolute Gasteiger partial charge is 0.369 e. The molecular formula is C12H21N3O2. The van der Waals surface area contributed by atoms with E-state index >= 15 is 0 Å². The maximum absolute atomic E-state index is 11.8. The molecule has 5 heteroatoms. The van der Waals surface area contributed by atoms with Crippen molar-refractivity contribution < 1.29 is 9.53 Å². The predicted octanol–water partition coefficient (Wildman–Crippen LogP) is 1.08. The van der Waals surface area contributed by atoms with Crippen molar-refractivity contribution >= 4 is 5.91 Å². The van der Waals surface area contributed by atoms with E-state index in [1.54, 1.807) is 13.8 Å². The Bertz CT molecular complexity index is 422. The highest BCUT2D eigenvalue weighted by atomic mass is 16.5. The van der Waals surface area contributed by atoms with Gasteiger partial charge in [-0.05, 0) is 27.7 Å². The van der Waals surface area contributed by atoms with E-state index in [9.17, 15) is 4.79 Å². The van der Waals surface area contributed by atoms with Gasteiger partial charge < -0.3 is 10.1 Å². The van der Waals surface area contributed by atoms with E-state index < -0.39 is 5.60 Å². The number of nitrogens with zero attached hydrogens (tertiary/aromatic N) is 2. The highest BCUT2D eigenvalue weighted by Crippen LogP contribution is 2.13. The van der Waals surface area contributed by atoms with E-state index in [1.807, 2.05) is 25.6 Å². The zero-order valence-corrected chi connectivity index (χ0v) is 11.4. The zero-order valence-electron chi connectivity index (χ0n) is 11.4. The maximum atomic E-state index is 11.8. The molecule has 1 rings (SSSR count). The van der Waals surface area contributed by atoms with Crippen LogP contribution < -0.4 is 5.32 Å². The van der Waals surface area contributed by atoms with Crippen molar-refractivity contribution in [3.8, 4) is 0 Å². The van der Waals surface area contributed by atoms with E-state index in [4.69, 9.17) is 4.74 Å². The summed E-state index contributed by atoms with van der Waals surface area (Å²) < 4.78 is 6.94. The van der Waals surface area contributed by atoms with Gasteiger partial charge in [0.05, 0.1) is 5.69 Å². The van der Waals surface area contributed by atoms with Gasteiger partial charge in [-0.2, -0.15) is 5.10 Å². The molecule has 1 heterocycles. The standard InChI is InChI=1S/C12H21N3O2/c1-8-10(9(2)15(5)14-8)7-13-11(16)12(3,4)17-6/h7H2,1-6H3,(H,13,16). The fourth-order valence-electron chi connectivity index (χ4n) is 1.55. The van der Waals surface area contributed by atoms with Crippen molar-refractivity contribution in [1.82, 2.24) is 15.1 Å². The lowest BCUT2D eigenvalue weighted by molar-refractivity contribution is -0.139. The van der Waals surface area contributed by atoms with Crippen LogP contribution in [0.3, 0.4) is 0 Å². The Balaban J connectivity index is 2.72. The average molecular weight is 239 g/mol. The highest BCUT2D eigenvalue weighted by Gasteiger charge is 2.26. The van der Waals surface area contributed by atoms with Crippen LogP contribution in [0.15, 0.2) is 0 Å². The van der Waals surface area contributed by atoms with Crippen molar-refractivity contribution in [3.63, 3.8) is 0 Å². The van der Waals surface area contributed by atoms with Crippen LogP contribution >= 0.6 is 0 Å². The molecule has 0 spiro atoms. The van der Waals surface area contributed by atoms with Crippen LogP contribution in [-0.2, 0) is 23.1 Å². The van der Waals surface area contributed by atoms with Crippen LogP contribution in [0, 0.1) is 13.8 Å². The second-order valence-electron chi connectivity index (χ2n) is 4.67. The van der Waals surface area contributed by atoms with Crippen molar-refractivity contribution in [1.29, 1.82) is 0 Å². The first-order chi connectivity index (χ1) is 7.79. The van der Waals surface area contributed by atoms with Gasteiger partial charge in [-0.1, -0.05) is 0 Å². The topological polar surface area (TPSA) is 56.1 Å². The molecule has 1 N–H and O–H groups in total. The summed E-state index contributed by atoms with van der Waals surface area (Å²) in [5.41, 5.74) is 2.27. The zero-order chi connectivity index (χ0) is 13.2. The summed E-state index contributed by atoms with van der Waals surface area (Å²) in [6, 6.07) is 0. The summed E-state index contributed by atoms with van der Waals surface area (Å²) in [6.45, 7) is 7.90. The number of rotatable bonds is 4. The molecule has 0 aromatic carbocycles. The number of ether oxygens (including phenoxy) is 1. The minimum absolute atomic E-state index is 0.123. The number of carbonyl (C=O) groups is 1. The third-order valence-corrected chi connectivity index (χ3v) is 3.14. The molecule has 0 saturated heterocycles. The summed E-state index contributed by atoms with van der Waals surface area (Å²) >= 11 is 0. The van der Waals surface area contributed by atoms with E-state index in [0.717, 1.165) is 17.0 Å². The minimum atomic E-state index is -0.802. The van der Waals surface area contributed by atoms with Crippen molar-refractivity contribution in [2.75, 3.05) is 7.11 Å². The first kappa shape index (κ1) is 13.7. The molecule has 17 heavy (non-hydrogen) atoms. The van der Waals surface area contributed by atoms with Gasteiger partial charge in [0.1, 0.15) is 5.60 Å². The molecule has 0 aliphatic carbocycles. The molecule has 5 nitrogen and oxygen atoms in total. The predicted molar refractivity (Wildman–Crippen MR) is 65.6 cm³/mol. The number of amides is 1. The van der Waals surface area contributed by atoms with Gasteiger partial charge in [-0.25, -0.2) is 0 Å². The molecule has 0 saturated carbocycles. The maximum Gasteiger partial charge on any atom is 0.251 e. The van der Waals surface area contributed by atoms with Crippen LogP contribution in [0.4, 0.5) is 0 Å². The van der Waals surface area contributed by atoms with Gasteiger partial charge in [0, 0.05) is 32.0 Å². The van der Waals surface area contributed by atoms with Gasteiger partial charge in [-0.15, -0.1) is 0 Å². The molecule has 1 aromatic heterocycles. The van der Waals surface area contributed by atoms with Crippen LogP contribution in [0.2, 0.25) is 0 Å². The summed E-state index contributed by atoms with van der Waals surface area (Å²) in [4.78, 5) is 11.8. The number of nitrogens with one attached hydrogen (secondary N) is 1. The minimum Gasteiger partial charge on any atom is -0.369 e. The summed E-state index contributed by atoms with van der Waals surface area (Å²) in [7, 11) is 3.42. The lowest BCUT2D eigenvalue weighted by Gasteiger charge is -2.21. The van der Waals surface area contributed by atoms with E-state index in [2.05, 4.69) is 10.4 Å². The third-order valence-electron chi connectivity index (χ3n) is 3.14. The number of methoxy groups -OCH3 is 1. The fourth-order valence-corrected chi connectivity index (χ4v) is 1.55. The van der Waals surface area contributed by atoms with Crippen LogP contribution in [0.5, 0.6) is 0 Å². The quantitative estimate of drug-likeness (QED) is 0.855. The smallest absolute Gasteiger partial charge is 0.251 e. The summed E-state index contributed by atoms with van der Waals surface area (Å²) in [5, 5.41) is 7.17. The van der Waals surface area contributed by atoms with Gasteiger partial charge in [0.25, 0.3) is 5.91 Å². The molecule has 0 aliphatic rings. The lowest BCUT2D eigenvalue weighted by Crippen LogP contribution is -2.43. The molecule has 0 bridgehead atoms. The number of carbonyl (C=O) groups excluding carboxylic acids is 1. The van der Waals surface area contributed by atoms with Gasteiger partial charge in [-0.3, -0.25) is 9.48 Å². The van der Waals surface area contributed by atoms with E-state index in [0.29, 0.717) is 6.54 Å². The third kappa shape index (κ3) is 2.85. The first-order valence-corrected chi connectivity index (χ1v) is 5.62. The Labute approximate surface area is 102 Å². The van der Waals surface area contributed by atoms with Gasteiger partial charge >= 0.3 is 0 Å². The number of hydrogen-bond acceptors (Lipinski definition) is 3. The van der Waals surface area contributed by atoms with Crippen LogP contribution in [0.1, 0.15) is 30.8 Å². The SMILES string of the molecule is COC(C)(C)C(=O)NCc1c(C)nn(C)c1C. The molecule has 96 valence electrons. The molecule has 0 atom stereocenters. The monoisotopic (exact) mass is 239 g/mol. The lowest BCUT2D eigenvalue weighted by atomic mass is 10.1. The first-order valence-electron chi connectivity index (χ1n) is 5.62. The Morgan fingerprint density at radius 2 is 2.06 bits per heavy atom. The number of aromatic nitrogens is 2. The Kier molecular flexibility index (Phi) is 3.93. The molecule has 0 fully saturated rings. The summed E-state index contributed by atoms with van der Waals surface area (Å²) in [5.74, 6) is -0.123. The Morgan fingerprint density at radius 3 is 2.47 bits per heavy atom. The Hall–Kier alpha value is -1.36. The van der Waals surface area contributed by atoms with Crippen LogP contribution in [-0.4, -0.2) is 28.4 Å². The van der Waals surface area contributed by atoms with Crippen LogP contribution in [0.25, 0.3) is 0 Å². The second kappa shape index (κ2) is 4.87. The van der Waals surface area contributed by atoms with Crippen molar-refractivity contribution in [2.45, 2.75) is 39.8 Å². The van der Waals surface area contributed by atoms with Gasteiger partial charge in [0.15, 0.2) is 0 Å². The molecule has 1 aromatic rings. The highest BCUT2D eigenvalue weighted by molar-refractivity contribution is 5.84.